The second-order valence-electron chi connectivity index (χ2n) is 5.21. The molecule has 0 aliphatic carbocycles. The number of aryl methyl sites for hydroxylation is 1. The second kappa shape index (κ2) is 5.48. The molecule has 0 saturated heterocycles. The standard InChI is InChI=1S/C17H19N3O/c1-3-12-4-7-14(8-5-12)20(2)11-17-19-15-10-13(18)6-9-16(15)21-17/h4-10H,3,11,18H2,1-2H3. The first-order valence-corrected chi connectivity index (χ1v) is 7.10. The van der Waals surface area contributed by atoms with Gasteiger partial charge in [-0.1, -0.05) is 19.1 Å². The Hall–Kier alpha value is -2.49. The van der Waals surface area contributed by atoms with Crippen molar-refractivity contribution in [2.24, 2.45) is 0 Å². The van der Waals surface area contributed by atoms with Crippen molar-refractivity contribution in [1.29, 1.82) is 0 Å². The molecule has 0 spiro atoms. The number of fused-ring (bicyclic) bond motifs is 1. The van der Waals surface area contributed by atoms with E-state index < -0.39 is 0 Å². The molecule has 0 radical (unpaired) electrons. The van der Waals surface area contributed by atoms with Crippen LogP contribution >= 0.6 is 0 Å². The first-order chi connectivity index (χ1) is 10.2. The monoisotopic (exact) mass is 281 g/mol. The molecule has 4 nitrogen and oxygen atoms in total. The number of benzene rings is 2. The van der Waals surface area contributed by atoms with E-state index in [1.807, 2.05) is 25.2 Å². The molecule has 0 atom stereocenters. The van der Waals surface area contributed by atoms with Crippen LogP contribution in [0.1, 0.15) is 18.4 Å². The van der Waals surface area contributed by atoms with Crippen LogP contribution in [-0.4, -0.2) is 12.0 Å². The predicted octanol–water partition coefficient (Wildman–Crippen LogP) is 3.61. The molecule has 0 unspecified atom stereocenters. The highest BCUT2D eigenvalue weighted by molar-refractivity contribution is 5.76. The quantitative estimate of drug-likeness (QED) is 0.742. The van der Waals surface area contributed by atoms with E-state index in [1.54, 1.807) is 0 Å². The van der Waals surface area contributed by atoms with Crippen LogP contribution < -0.4 is 10.6 Å². The molecule has 2 N–H and O–H groups in total. The number of nitrogens with zero attached hydrogens (tertiary/aromatic N) is 2. The van der Waals surface area contributed by atoms with E-state index in [4.69, 9.17) is 10.2 Å². The summed E-state index contributed by atoms with van der Waals surface area (Å²) in [6.45, 7) is 2.78. The van der Waals surface area contributed by atoms with Gasteiger partial charge in [0.1, 0.15) is 5.52 Å². The van der Waals surface area contributed by atoms with E-state index in [0.717, 1.165) is 23.2 Å². The molecule has 0 fully saturated rings. The Morgan fingerprint density at radius 3 is 2.62 bits per heavy atom. The van der Waals surface area contributed by atoms with Gasteiger partial charge in [-0.05, 0) is 42.3 Å². The van der Waals surface area contributed by atoms with Gasteiger partial charge in [0.05, 0.1) is 6.54 Å². The van der Waals surface area contributed by atoms with Gasteiger partial charge < -0.3 is 15.1 Å². The average molecular weight is 281 g/mol. The largest absolute Gasteiger partial charge is 0.439 e. The molecule has 4 heteroatoms. The van der Waals surface area contributed by atoms with Gasteiger partial charge in [0, 0.05) is 18.4 Å². The van der Waals surface area contributed by atoms with E-state index in [2.05, 4.69) is 41.1 Å². The molecule has 0 saturated carbocycles. The lowest BCUT2D eigenvalue weighted by atomic mass is 10.1. The summed E-state index contributed by atoms with van der Waals surface area (Å²) in [5, 5.41) is 0. The van der Waals surface area contributed by atoms with Crippen molar-refractivity contribution < 1.29 is 4.42 Å². The molecular weight excluding hydrogens is 262 g/mol. The second-order valence-corrected chi connectivity index (χ2v) is 5.21. The van der Waals surface area contributed by atoms with Crippen LogP contribution in [0.15, 0.2) is 46.9 Å². The zero-order valence-electron chi connectivity index (χ0n) is 12.3. The van der Waals surface area contributed by atoms with E-state index in [9.17, 15) is 0 Å². The third-order valence-electron chi connectivity index (χ3n) is 3.61. The van der Waals surface area contributed by atoms with E-state index >= 15 is 0 Å². The number of oxazole rings is 1. The topological polar surface area (TPSA) is 55.3 Å². The molecule has 0 bridgehead atoms. The molecule has 21 heavy (non-hydrogen) atoms. The van der Waals surface area contributed by atoms with Crippen LogP contribution in [0.2, 0.25) is 0 Å². The number of rotatable bonds is 4. The smallest absolute Gasteiger partial charge is 0.215 e. The molecule has 1 heterocycles. The fraction of sp³-hybridized carbons (Fsp3) is 0.235. The fourth-order valence-corrected chi connectivity index (χ4v) is 2.34. The third-order valence-corrected chi connectivity index (χ3v) is 3.61. The van der Waals surface area contributed by atoms with Gasteiger partial charge in [0.2, 0.25) is 5.89 Å². The summed E-state index contributed by atoms with van der Waals surface area (Å²) in [7, 11) is 2.03. The molecule has 3 rings (SSSR count). The van der Waals surface area contributed by atoms with Gasteiger partial charge in [0.25, 0.3) is 0 Å². The summed E-state index contributed by atoms with van der Waals surface area (Å²) in [4.78, 5) is 6.60. The minimum atomic E-state index is 0.625. The van der Waals surface area contributed by atoms with Gasteiger partial charge in [0.15, 0.2) is 5.58 Å². The van der Waals surface area contributed by atoms with Crippen molar-refractivity contribution in [3.05, 3.63) is 53.9 Å². The van der Waals surface area contributed by atoms with Gasteiger partial charge in [-0.25, -0.2) is 4.98 Å². The lowest BCUT2D eigenvalue weighted by Crippen LogP contribution is -2.16. The Morgan fingerprint density at radius 1 is 1.14 bits per heavy atom. The summed E-state index contributed by atoms with van der Waals surface area (Å²) < 4.78 is 5.75. The highest BCUT2D eigenvalue weighted by Crippen LogP contribution is 2.21. The number of aromatic nitrogens is 1. The maximum Gasteiger partial charge on any atom is 0.215 e. The molecule has 0 amide bonds. The van der Waals surface area contributed by atoms with Crippen LogP contribution in [0.4, 0.5) is 11.4 Å². The minimum Gasteiger partial charge on any atom is -0.439 e. The Bertz CT molecular complexity index is 746. The third kappa shape index (κ3) is 2.84. The lowest BCUT2D eigenvalue weighted by molar-refractivity contribution is 0.527. The average Bonchev–Trinajstić information content (AvgIpc) is 2.88. The van der Waals surface area contributed by atoms with Gasteiger partial charge >= 0.3 is 0 Å². The molecule has 3 aromatic rings. The Labute approximate surface area is 124 Å². The van der Waals surface area contributed by atoms with E-state index in [0.29, 0.717) is 18.1 Å². The maximum atomic E-state index is 5.76. The number of hydrogen-bond acceptors (Lipinski definition) is 4. The predicted molar refractivity (Wildman–Crippen MR) is 86.3 cm³/mol. The SMILES string of the molecule is CCc1ccc(N(C)Cc2nc3cc(N)ccc3o2)cc1. The zero-order chi connectivity index (χ0) is 14.8. The van der Waals surface area contributed by atoms with Crippen molar-refractivity contribution in [2.45, 2.75) is 19.9 Å². The van der Waals surface area contributed by atoms with Gasteiger partial charge in [-0.3, -0.25) is 0 Å². The van der Waals surface area contributed by atoms with Crippen molar-refractivity contribution >= 4 is 22.5 Å². The highest BCUT2D eigenvalue weighted by atomic mass is 16.3. The first kappa shape index (κ1) is 13.5. The number of nitrogens with two attached hydrogens (primary N) is 1. The Kier molecular flexibility index (Phi) is 3.52. The van der Waals surface area contributed by atoms with Crippen LogP contribution in [0.25, 0.3) is 11.1 Å². The summed E-state index contributed by atoms with van der Waals surface area (Å²) >= 11 is 0. The summed E-state index contributed by atoms with van der Waals surface area (Å²) in [5.74, 6) is 0.692. The first-order valence-electron chi connectivity index (χ1n) is 7.10. The molecule has 0 aliphatic heterocycles. The molecule has 0 aliphatic rings. The number of anilines is 2. The molecular formula is C17H19N3O. The summed E-state index contributed by atoms with van der Waals surface area (Å²) in [5.41, 5.74) is 10.5. The lowest BCUT2D eigenvalue weighted by Gasteiger charge is -2.17. The van der Waals surface area contributed by atoms with E-state index in [1.165, 1.54) is 5.56 Å². The molecule has 1 aromatic heterocycles. The van der Waals surface area contributed by atoms with Crippen LogP contribution in [-0.2, 0) is 13.0 Å². The van der Waals surface area contributed by atoms with Gasteiger partial charge in [-0.2, -0.15) is 0 Å². The fourth-order valence-electron chi connectivity index (χ4n) is 2.34. The number of hydrogen-bond donors (Lipinski definition) is 1. The van der Waals surface area contributed by atoms with Crippen LogP contribution in [0.3, 0.4) is 0 Å². The Balaban J connectivity index is 1.79. The molecule has 108 valence electrons. The van der Waals surface area contributed by atoms with Crippen molar-refractivity contribution in [2.75, 3.05) is 17.7 Å². The summed E-state index contributed by atoms with van der Waals surface area (Å²) in [6.07, 6.45) is 1.05. The zero-order valence-corrected chi connectivity index (χ0v) is 12.3. The van der Waals surface area contributed by atoms with Crippen molar-refractivity contribution in [1.82, 2.24) is 4.98 Å². The van der Waals surface area contributed by atoms with Crippen LogP contribution in [0.5, 0.6) is 0 Å². The van der Waals surface area contributed by atoms with Crippen molar-refractivity contribution in [3.8, 4) is 0 Å². The minimum absolute atomic E-state index is 0.625. The normalized spacial score (nSPS) is 11.0. The van der Waals surface area contributed by atoms with Crippen LogP contribution in [0, 0.1) is 0 Å². The summed E-state index contributed by atoms with van der Waals surface area (Å²) in [6, 6.07) is 14.1. The maximum absolute atomic E-state index is 5.76. The molecule has 2 aromatic carbocycles. The van der Waals surface area contributed by atoms with E-state index in [-0.39, 0.29) is 0 Å². The Morgan fingerprint density at radius 2 is 1.90 bits per heavy atom. The van der Waals surface area contributed by atoms with Crippen molar-refractivity contribution in [3.63, 3.8) is 0 Å². The highest BCUT2D eigenvalue weighted by Gasteiger charge is 2.09. The van der Waals surface area contributed by atoms with Gasteiger partial charge in [-0.15, -0.1) is 0 Å². The number of nitrogen functional groups attached to an aromatic ring is 1.